The molecule has 0 saturated carbocycles. The van der Waals surface area contributed by atoms with Crippen molar-refractivity contribution in [3.8, 4) is 17.2 Å². The lowest BCUT2D eigenvalue weighted by Crippen LogP contribution is -2.05. The fraction of sp³-hybridized carbons (Fsp3) is 0.150. The molecule has 2 aromatic carbocycles. The minimum atomic E-state index is -0.513. The quantitative estimate of drug-likeness (QED) is 0.312. The smallest absolute Gasteiger partial charge is 0.341 e. The number of para-hydroxylation sites is 1. The summed E-state index contributed by atoms with van der Waals surface area (Å²) in [6, 6.07) is 14.4. The Labute approximate surface area is 147 Å². The minimum absolute atomic E-state index is 0.264. The average Bonchev–Trinajstić information content (AvgIpc) is 2.65. The van der Waals surface area contributed by atoms with Gasteiger partial charge in [0.05, 0.1) is 20.5 Å². The van der Waals surface area contributed by atoms with E-state index >= 15 is 0 Å². The highest BCUT2D eigenvalue weighted by Gasteiger charge is 2.18. The summed E-state index contributed by atoms with van der Waals surface area (Å²) in [5.74, 6) is 1.23. The maximum atomic E-state index is 12.0. The highest BCUT2D eigenvalue weighted by Crippen LogP contribution is 2.32. The van der Waals surface area contributed by atoms with Gasteiger partial charge >= 0.3 is 5.97 Å². The largest absolute Gasteiger partial charge is 0.503 e. The number of esters is 1. The third-order valence-electron chi connectivity index (χ3n) is 3.22. The molecular weight excluding hydrogens is 320 g/mol. The van der Waals surface area contributed by atoms with Crippen LogP contribution in [0.4, 0.5) is 0 Å². The van der Waals surface area contributed by atoms with Gasteiger partial charge in [-0.3, -0.25) is 0 Å². The second-order valence-electron chi connectivity index (χ2n) is 4.93. The predicted molar refractivity (Wildman–Crippen MR) is 95.7 cm³/mol. The fourth-order valence-corrected chi connectivity index (χ4v) is 2.14. The summed E-state index contributed by atoms with van der Waals surface area (Å²) in [7, 11) is 2.78. The molecule has 5 nitrogen and oxygen atoms in total. The number of carbonyl (C=O) groups is 1. The Hall–Kier alpha value is -3.21. The molecule has 0 saturated heterocycles. The number of hydrogen-bond acceptors (Lipinski definition) is 5. The third-order valence-corrected chi connectivity index (χ3v) is 3.22. The molecule has 0 atom stereocenters. The zero-order valence-electron chi connectivity index (χ0n) is 14.2. The SMILES string of the molecule is C=CCOc1cccc(Oc2ccccc2/C(=C\OC)C(=O)OC)c1. The van der Waals surface area contributed by atoms with E-state index in [9.17, 15) is 4.79 Å². The number of ether oxygens (including phenoxy) is 4. The van der Waals surface area contributed by atoms with Gasteiger partial charge in [-0.25, -0.2) is 4.79 Å². The van der Waals surface area contributed by atoms with Gasteiger partial charge in [0.2, 0.25) is 0 Å². The maximum absolute atomic E-state index is 12.0. The minimum Gasteiger partial charge on any atom is -0.503 e. The lowest BCUT2D eigenvalue weighted by Gasteiger charge is -2.13. The zero-order valence-corrected chi connectivity index (χ0v) is 14.2. The Morgan fingerprint density at radius 1 is 1.08 bits per heavy atom. The van der Waals surface area contributed by atoms with E-state index in [2.05, 4.69) is 6.58 Å². The molecule has 0 bridgehead atoms. The van der Waals surface area contributed by atoms with E-state index in [4.69, 9.17) is 18.9 Å². The van der Waals surface area contributed by atoms with Crippen molar-refractivity contribution in [3.63, 3.8) is 0 Å². The Bertz CT molecular complexity index is 764. The Morgan fingerprint density at radius 2 is 1.84 bits per heavy atom. The van der Waals surface area contributed by atoms with Gasteiger partial charge < -0.3 is 18.9 Å². The molecule has 0 radical (unpaired) electrons. The average molecular weight is 340 g/mol. The molecule has 25 heavy (non-hydrogen) atoms. The summed E-state index contributed by atoms with van der Waals surface area (Å²) in [6.07, 6.45) is 3.00. The first-order chi connectivity index (χ1) is 12.2. The molecule has 0 fully saturated rings. The van der Waals surface area contributed by atoms with E-state index in [1.165, 1.54) is 20.5 Å². The van der Waals surface area contributed by atoms with E-state index in [-0.39, 0.29) is 5.57 Å². The summed E-state index contributed by atoms with van der Waals surface area (Å²) in [4.78, 5) is 12.0. The van der Waals surface area contributed by atoms with E-state index in [1.807, 2.05) is 18.2 Å². The van der Waals surface area contributed by atoms with Crippen molar-refractivity contribution >= 4 is 11.5 Å². The van der Waals surface area contributed by atoms with Crippen LogP contribution < -0.4 is 9.47 Å². The predicted octanol–water partition coefficient (Wildman–Crippen LogP) is 4.20. The van der Waals surface area contributed by atoms with Crippen molar-refractivity contribution in [2.45, 2.75) is 0 Å². The van der Waals surface area contributed by atoms with Crippen molar-refractivity contribution in [3.05, 3.63) is 73.0 Å². The maximum Gasteiger partial charge on any atom is 0.341 e. The molecule has 0 spiro atoms. The number of rotatable bonds is 8. The molecule has 2 rings (SSSR count). The van der Waals surface area contributed by atoms with Gasteiger partial charge in [-0.15, -0.1) is 0 Å². The van der Waals surface area contributed by atoms with Gasteiger partial charge in [-0.1, -0.05) is 36.9 Å². The van der Waals surface area contributed by atoms with Crippen molar-refractivity contribution in [2.75, 3.05) is 20.8 Å². The molecule has 130 valence electrons. The summed E-state index contributed by atoms with van der Waals surface area (Å²) in [5.41, 5.74) is 0.827. The van der Waals surface area contributed by atoms with Crippen molar-refractivity contribution in [1.82, 2.24) is 0 Å². The van der Waals surface area contributed by atoms with Gasteiger partial charge in [-0.05, 0) is 18.2 Å². The number of methoxy groups -OCH3 is 2. The van der Waals surface area contributed by atoms with E-state index in [1.54, 1.807) is 36.4 Å². The molecule has 0 N–H and O–H groups in total. The van der Waals surface area contributed by atoms with Crippen LogP contribution in [0.3, 0.4) is 0 Å². The van der Waals surface area contributed by atoms with E-state index in [0.29, 0.717) is 29.4 Å². The summed E-state index contributed by atoms with van der Waals surface area (Å²) >= 11 is 0. The topological polar surface area (TPSA) is 54.0 Å². The molecule has 0 amide bonds. The van der Waals surface area contributed by atoms with Crippen LogP contribution >= 0.6 is 0 Å². The molecule has 0 aliphatic heterocycles. The second kappa shape index (κ2) is 9.17. The monoisotopic (exact) mass is 340 g/mol. The summed E-state index contributed by atoms with van der Waals surface area (Å²) in [6.45, 7) is 4.03. The van der Waals surface area contributed by atoms with Gasteiger partial charge in [0.15, 0.2) is 0 Å². The van der Waals surface area contributed by atoms with Gasteiger partial charge in [-0.2, -0.15) is 0 Å². The second-order valence-corrected chi connectivity index (χ2v) is 4.93. The summed E-state index contributed by atoms with van der Waals surface area (Å²) < 4.78 is 21.3. The van der Waals surface area contributed by atoms with Gasteiger partial charge in [0.1, 0.15) is 29.4 Å². The van der Waals surface area contributed by atoms with Crippen molar-refractivity contribution in [1.29, 1.82) is 0 Å². The van der Waals surface area contributed by atoms with Crippen molar-refractivity contribution < 1.29 is 23.7 Å². The summed E-state index contributed by atoms with van der Waals surface area (Å²) in [5, 5.41) is 0. The number of carbonyl (C=O) groups excluding carboxylic acids is 1. The van der Waals surface area contributed by atoms with Crippen LogP contribution in [-0.2, 0) is 14.3 Å². The molecule has 2 aromatic rings. The van der Waals surface area contributed by atoms with Crippen molar-refractivity contribution in [2.24, 2.45) is 0 Å². The number of hydrogen-bond donors (Lipinski definition) is 0. The molecular formula is C20H20O5. The molecule has 0 aliphatic carbocycles. The highest BCUT2D eigenvalue weighted by molar-refractivity contribution is 6.17. The third kappa shape index (κ3) is 4.88. The first kappa shape index (κ1) is 18.1. The molecule has 0 heterocycles. The van der Waals surface area contributed by atoms with E-state index < -0.39 is 5.97 Å². The first-order valence-corrected chi connectivity index (χ1v) is 7.62. The Balaban J connectivity index is 2.33. The van der Waals surface area contributed by atoms with E-state index in [0.717, 1.165) is 0 Å². The highest BCUT2D eigenvalue weighted by atomic mass is 16.5. The lowest BCUT2D eigenvalue weighted by atomic mass is 10.1. The van der Waals surface area contributed by atoms with Crippen LogP contribution in [0, 0.1) is 0 Å². The fourth-order valence-electron chi connectivity index (χ4n) is 2.14. The zero-order chi connectivity index (χ0) is 18.1. The molecule has 0 unspecified atom stereocenters. The van der Waals surface area contributed by atoms with Gasteiger partial charge in [0, 0.05) is 11.6 Å². The van der Waals surface area contributed by atoms with Crippen LogP contribution in [0.1, 0.15) is 5.56 Å². The van der Waals surface area contributed by atoms with Crippen LogP contribution in [0.15, 0.2) is 67.4 Å². The molecule has 0 aromatic heterocycles. The normalized spacial score (nSPS) is 10.7. The molecule has 5 heteroatoms. The standard InChI is InChI=1S/C20H20O5/c1-4-12-24-15-8-7-9-16(13-15)25-19-11-6-5-10-17(19)18(14-22-2)20(21)23-3/h4-11,13-14H,1,12H2,2-3H3/b18-14+. The Morgan fingerprint density at radius 3 is 2.56 bits per heavy atom. The first-order valence-electron chi connectivity index (χ1n) is 7.62. The van der Waals surface area contributed by atoms with Crippen LogP contribution in [0.2, 0.25) is 0 Å². The van der Waals surface area contributed by atoms with Crippen LogP contribution in [0.25, 0.3) is 5.57 Å². The Kier molecular flexibility index (Phi) is 6.65. The number of benzene rings is 2. The van der Waals surface area contributed by atoms with Gasteiger partial charge in [0.25, 0.3) is 0 Å². The molecule has 0 aliphatic rings. The van der Waals surface area contributed by atoms with Crippen LogP contribution in [-0.4, -0.2) is 26.8 Å². The van der Waals surface area contributed by atoms with Crippen LogP contribution in [0.5, 0.6) is 17.2 Å². The lowest BCUT2D eigenvalue weighted by molar-refractivity contribution is -0.133.